The quantitative estimate of drug-likeness (QED) is 0.214. The molecule has 0 heterocycles. The third-order valence-corrected chi connectivity index (χ3v) is 7.04. The van der Waals surface area contributed by atoms with E-state index in [9.17, 15) is 18.0 Å². The summed E-state index contributed by atoms with van der Waals surface area (Å²) < 4.78 is 55.4. The van der Waals surface area contributed by atoms with E-state index in [1.165, 1.54) is 18.2 Å². The van der Waals surface area contributed by atoms with Crippen molar-refractivity contribution >= 4 is 5.97 Å². The van der Waals surface area contributed by atoms with Crippen LogP contribution in [-0.2, 0) is 4.74 Å². The first-order valence-electron chi connectivity index (χ1n) is 13.1. The van der Waals surface area contributed by atoms with Crippen LogP contribution in [0.2, 0.25) is 0 Å². The molecule has 6 heteroatoms. The first-order valence-corrected chi connectivity index (χ1v) is 13.1. The van der Waals surface area contributed by atoms with E-state index in [4.69, 9.17) is 9.47 Å². The second kappa shape index (κ2) is 12.3. The van der Waals surface area contributed by atoms with Crippen LogP contribution >= 0.6 is 0 Å². The van der Waals surface area contributed by atoms with Crippen LogP contribution in [0.25, 0.3) is 11.1 Å². The summed E-state index contributed by atoms with van der Waals surface area (Å²) in [5, 5.41) is 0. The minimum Gasteiger partial charge on any atom is -0.493 e. The summed E-state index contributed by atoms with van der Waals surface area (Å²) in [6, 6.07) is 14.7. The lowest BCUT2D eigenvalue weighted by Gasteiger charge is -2.29. The molecule has 4 rings (SSSR count). The van der Waals surface area contributed by atoms with Crippen molar-refractivity contribution in [1.29, 1.82) is 0 Å². The van der Waals surface area contributed by atoms with Gasteiger partial charge in [0, 0.05) is 11.6 Å². The SMILES string of the molecule is CCCCCOc1ccc(C2CCC(OC(=O)c3ccc(-c4ccc(C)cc4)c(F)c3F)CC2)c(F)c1. The first kappa shape index (κ1) is 26.8. The summed E-state index contributed by atoms with van der Waals surface area (Å²) in [5.74, 6) is -2.92. The Kier molecular flexibility index (Phi) is 8.91. The third kappa shape index (κ3) is 6.54. The van der Waals surface area contributed by atoms with Gasteiger partial charge in [-0.2, -0.15) is 0 Å². The maximum atomic E-state index is 14.8. The predicted octanol–water partition coefficient (Wildman–Crippen LogP) is 8.53. The Bertz CT molecular complexity index is 1220. The molecule has 0 N–H and O–H groups in total. The molecule has 0 bridgehead atoms. The van der Waals surface area contributed by atoms with Gasteiger partial charge in [-0.1, -0.05) is 61.7 Å². The smallest absolute Gasteiger partial charge is 0.341 e. The summed E-state index contributed by atoms with van der Waals surface area (Å²) >= 11 is 0. The fourth-order valence-electron chi connectivity index (χ4n) is 4.84. The van der Waals surface area contributed by atoms with Crippen LogP contribution in [0.5, 0.6) is 5.75 Å². The molecule has 0 amide bonds. The lowest BCUT2D eigenvalue weighted by Crippen LogP contribution is -2.25. The van der Waals surface area contributed by atoms with Gasteiger partial charge in [-0.25, -0.2) is 18.0 Å². The maximum Gasteiger partial charge on any atom is 0.341 e. The van der Waals surface area contributed by atoms with Crippen LogP contribution in [0.1, 0.15) is 79.3 Å². The van der Waals surface area contributed by atoms with Gasteiger partial charge in [0.15, 0.2) is 11.6 Å². The molecule has 1 aliphatic rings. The number of ether oxygens (including phenoxy) is 2. The van der Waals surface area contributed by atoms with Gasteiger partial charge in [-0.05, 0) is 68.2 Å². The van der Waals surface area contributed by atoms with Crippen LogP contribution < -0.4 is 4.74 Å². The van der Waals surface area contributed by atoms with Crippen molar-refractivity contribution in [3.8, 4) is 16.9 Å². The van der Waals surface area contributed by atoms with Gasteiger partial charge in [-0.3, -0.25) is 0 Å². The molecule has 0 spiro atoms. The molecule has 0 unspecified atom stereocenters. The highest BCUT2D eigenvalue weighted by atomic mass is 19.2. The number of rotatable bonds is 9. The monoisotopic (exact) mass is 510 g/mol. The van der Waals surface area contributed by atoms with Crippen molar-refractivity contribution in [1.82, 2.24) is 0 Å². The molecular formula is C31H33F3O3. The molecule has 0 aromatic heterocycles. The Morgan fingerprint density at radius 1 is 0.892 bits per heavy atom. The zero-order valence-electron chi connectivity index (χ0n) is 21.4. The van der Waals surface area contributed by atoms with E-state index in [1.807, 2.05) is 19.1 Å². The Morgan fingerprint density at radius 3 is 2.30 bits per heavy atom. The van der Waals surface area contributed by atoms with E-state index < -0.39 is 29.3 Å². The summed E-state index contributed by atoms with van der Waals surface area (Å²) in [6.07, 6.45) is 5.01. The van der Waals surface area contributed by atoms with Crippen molar-refractivity contribution in [2.24, 2.45) is 0 Å². The topological polar surface area (TPSA) is 35.5 Å². The average Bonchev–Trinajstić information content (AvgIpc) is 2.89. The van der Waals surface area contributed by atoms with Crippen LogP contribution in [0.15, 0.2) is 54.6 Å². The van der Waals surface area contributed by atoms with Gasteiger partial charge < -0.3 is 9.47 Å². The summed E-state index contributed by atoms with van der Waals surface area (Å²) in [4.78, 5) is 12.6. The molecule has 0 saturated heterocycles. The number of benzene rings is 3. The fraction of sp³-hybridized carbons (Fsp3) is 0.387. The highest BCUT2D eigenvalue weighted by Gasteiger charge is 2.28. The molecule has 3 aromatic carbocycles. The number of aryl methyl sites for hydroxylation is 1. The Hall–Kier alpha value is -3.28. The van der Waals surface area contributed by atoms with Gasteiger partial charge in [0.05, 0.1) is 12.2 Å². The fourth-order valence-corrected chi connectivity index (χ4v) is 4.84. The van der Waals surface area contributed by atoms with Crippen molar-refractivity contribution < 1.29 is 27.4 Å². The summed E-state index contributed by atoms with van der Waals surface area (Å²) in [5.41, 5.74) is 1.84. The number of carbonyl (C=O) groups excluding carboxylic acids is 1. The highest BCUT2D eigenvalue weighted by molar-refractivity contribution is 5.90. The van der Waals surface area contributed by atoms with Crippen molar-refractivity contribution in [3.63, 3.8) is 0 Å². The highest BCUT2D eigenvalue weighted by Crippen LogP contribution is 2.37. The number of halogens is 3. The van der Waals surface area contributed by atoms with Gasteiger partial charge in [0.1, 0.15) is 17.7 Å². The van der Waals surface area contributed by atoms with E-state index in [0.717, 1.165) is 24.8 Å². The molecule has 196 valence electrons. The van der Waals surface area contributed by atoms with Crippen LogP contribution in [-0.4, -0.2) is 18.7 Å². The minimum atomic E-state index is -1.21. The second-order valence-corrected chi connectivity index (χ2v) is 9.77. The number of carbonyl (C=O) groups is 1. The number of unbranched alkanes of at least 4 members (excludes halogenated alkanes) is 2. The van der Waals surface area contributed by atoms with E-state index in [0.29, 0.717) is 49.2 Å². The van der Waals surface area contributed by atoms with Gasteiger partial charge in [-0.15, -0.1) is 0 Å². The van der Waals surface area contributed by atoms with Crippen molar-refractivity contribution in [2.75, 3.05) is 6.61 Å². The van der Waals surface area contributed by atoms with Crippen LogP contribution in [0.4, 0.5) is 13.2 Å². The second-order valence-electron chi connectivity index (χ2n) is 9.77. The predicted molar refractivity (Wildman–Crippen MR) is 138 cm³/mol. The van der Waals surface area contributed by atoms with Crippen LogP contribution in [0.3, 0.4) is 0 Å². The molecule has 1 saturated carbocycles. The normalized spacial score (nSPS) is 17.4. The van der Waals surface area contributed by atoms with Crippen LogP contribution in [0, 0.1) is 24.4 Å². The summed E-state index contributed by atoms with van der Waals surface area (Å²) in [7, 11) is 0. The first-order chi connectivity index (χ1) is 17.9. The molecule has 3 aromatic rings. The Morgan fingerprint density at radius 2 is 1.62 bits per heavy atom. The number of hydrogen-bond donors (Lipinski definition) is 0. The standard InChI is InChI=1S/C31H33F3O3/c1-3-4-5-18-36-24-14-15-25(28(32)19-24)21-10-12-23(13-11-21)37-31(35)27-17-16-26(29(33)30(27)34)22-8-6-20(2)7-9-22/h6-9,14-17,19,21,23H,3-5,10-13,18H2,1-2H3. The number of hydrogen-bond acceptors (Lipinski definition) is 3. The molecule has 3 nitrogen and oxygen atoms in total. The number of esters is 1. The van der Waals surface area contributed by atoms with Gasteiger partial charge in [0.2, 0.25) is 0 Å². The minimum absolute atomic E-state index is 0.00654. The molecule has 37 heavy (non-hydrogen) atoms. The molecule has 0 radical (unpaired) electrons. The maximum absolute atomic E-state index is 14.8. The van der Waals surface area contributed by atoms with E-state index >= 15 is 0 Å². The zero-order valence-corrected chi connectivity index (χ0v) is 21.4. The Labute approximate surface area is 216 Å². The lowest BCUT2D eigenvalue weighted by atomic mass is 9.82. The summed E-state index contributed by atoms with van der Waals surface area (Å²) in [6.45, 7) is 4.60. The molecular weight excluding hydrogens is 477 g/mol. The molecule has 1 fully saturated rings. The van der Waals surface area contributed by atoms with Gasteiger partial charge >= 0.3 is 5.97 Å². The van der Waals surface area contributed by atoms with E-state index in [1.54, 1.807) is 24.3 Å². The van der Waals surface area contributed by atoms with Gasteiger partial charge in [0.25, 0.3) is 0 Å². The van der Waals surface area contributed by atoms with E-state index in [2.05, 4.69) is 6.92 Å². The largest absolute Gasteiger partial charge is 0.493 e. The zero-order chi connectivity index (χ0) is 26.4. The lowest BCUT2D eigenvalue weighted by molar-refractivity contribution is 0.0188. The van der Waals surface area contributed by atoms with E-state index in [-0.39, 0.29) is 17.3 Å². The van der Waals surface area contributed by atoms with Crippen molar-refractivity contribution in [3.05, 3.63) is 88.7 Å². The molecule has 0 atom stereocenters. The Balaban J connectivity index is 1.34. The molecule has 1 aliphatic carbocycles. The average molecular weight is 511 g/mol. The van der Waals surface area contributed by atoms with Crippen molar-refractivity contribution in [2.45, 2.75) is 70.8 Å². The third-order valence-electron chi connectivity index (χ3n) is 7.04. The molecule has 0 aliphatic heterocycles.